The van der Waals surface area contributed by atoms with Crippen LogP contribution >= 0.6 is 11.8 Å². The van der Waals surface area contributed by atoms with Crippen molar-refractivity contribution in [2.24, 2.45) is 0 Å². The average molecular weight is 385 g/mol. The van der Waals surface area contributed by atoms with Crippen molar-refractivity contribution in [3.05, 3.63) is 95.8 Å². The highest BCUT2D eigenvalue weighted by Gasteiger charge is 2.24. The van der Waals surface area contributed by atoms with Gasteiger partial charge in [0, 0.05) is 34.3 Å². The molecule has 0 aliphatic carbocycles. The van der Waals surface area contributed by atoms with E-state index in [1.165, 1.54) is 0 Å². The Morgan fingerprint density at radius 2 is 1.68 bits per heavy atom. The van der Waals surface area contributed by atoms with Gasteiger partial charge in [0.1, 0.15) is 6.29 Å². The van der Waals surface area contributed by atoms with Crippen LogP contribution in [0.1, 0.15) is 21.6 Å². The van der Waals surface area contributed by atoms with Crippen molar-refractivity contribution in [2.45, 2.75) is 11.3 Å². The predicted molar refractivity (Wildman–Crippen MR) is 114 cm³/mol. The molecule has 0 fully saturated rings. The van der Waals surface area contributed by atoms with E-state index in [4.69, 9.17) is 0 Å². The van der Waals surface area contributed by atoms with Gasteiger partial charge in [-0.25, -0.2) is 0 Å². The molecule has 0 bridgehead atoms. The highest BCUT2D eigenvalue weighted by molar-refractivity contribution is 7.98. The molecule has 4 aromatic rings. The largest absolute Gasteiger partial charge is 0.319 e. The summed E-state index contributed by atoms with van der Waals surface area (Å²) in [7, 11) is 0. The molecule has 2 aromatic heterocycles. The molecule has 0 unspecified atom stereocenters. The van der Waals surface area contributed by atoms with Crippen LogP contribution in [0.5, 0.6) is 0 Å². The Hall–Kier alpha value is -3.11. The Kier molecular flexibility index (Phi) is 5.13. The summed E-state index contributed by atoms with van der Waals surface area (Å²) < 4.78 is 1.96. The lowest BCUT2D eigenvalue weighted by Gasteiger charge is -2.07. The summed E-state index contributed by atoms with van der Waals surface area (Å²) in [6.07, 6.45) is 5.06. The summed E-state index contributed by atoms with van der Waals surface area (Å²) in [5.74, 6) is -0.0349. The average Bonchev–Trinajstić information content (AvgIpc) is 3.08. The van der Waals surface area contributed by atoms with Crippen LogP contribution in [0, 0.1) is 0 Å². The highest BCUT2D eigenvalue weighted by Crippen LogP contribution is 2.35. The van der Waals surface area contributed by atoms with Crippen molar-refractivity contribution in [3.63, 3.8) is 0 Å². The lowest BCUT2D eigenvalue weighted by Crippen LogP contribution is -2.03. The summed E-state index contributed by atoms with van der Waals surface area (Å²) in [6, 6.07) is 23.2. The van der Waals surface area contributed by atoms with Gasteiger partial charge in [0.05, 0.1) is 11.1 Å². The number of nitrogens with zero attached hydrogens (tertiary/aromatic N) is 1. The van der Waals surface area contributed by atoms with Gasteiger partial charge in [0.15, 0.2) is 5.78 Å². The minimum Gasteiger partial charge on any atom is -0.319 e. The maximum atomic E-state index is 13.6. The Labute approximate surface area is 168 Å². The topological polar surface area (TPSA) is 38.5 Å². The molecule has 0 spiro atoms. The Bertz CT molecular complexity index is 1140. The number of thioether (sulfide) groups is 1. The first kappa shape index (κ1) is 18.3. The van der Waals surface area contributed by atoms with E-state index < -0.39 is 0 Å². The molecule has 0 amide bonds. The van der Waals surface area contributed by atoms with Crippen molar-refractivity contribution < 1.29 is 9.59 Å². The van der Waals surface area contributed by atoms with Gasteiger partial charge in [-0.05, 0) is 48.2 Å². The highest BCUT2D eigenvalue weighted by atomic mass is 32.2. The quantitative estimate of drug-likeness (QED) is 0.257. The second-order valence-corrected chi connectivity index (χ2v) is 7.33. The Morgan fingerprint density at radius 1 is 0.964 bits per heavy atom. The van der Waals surface area contributed by atoms with Gasteiger partial charge in [0.25, 0.3) is 0 Å². The van der Waals surface area contributed by atoms with E-state index in [9.17, 15) is 9.59 Å². The van der Waals surface area contributed by atoms with Crippen LogP contribution in [0.15, 0.2) is 83.9 Å². The Balaban J connectivity index is 2.00. The summed E-state index contributed by atoms with van der Waals surface area (Å²) in [4.78, 5) is 26.1. The van der Waals surface area contributed by atoms with E-state index in [2.05, 4.69) is 0 Å². The zero-order valence-electron chi connectivity index (χ0n) is 15.5. The summed E-state index contributed by atoms with van der Waals surface area (Å²) in [6.45, 7) is 0. The molecular formula is C24H19NO2S. The number of carbonyl (C=O) groups excluding carboxylic acids is 2. The van der Waals surface area contributed by atoms with Crippen molar-refractivity contribution in [3.8, 4) is 11.1 Å². The SMILES string of the molecule is CSc1ccc(C(=O)c2c(-c3ccccc3)c(CC=O)n3ccccc23)cc1. The van der Waals surface area contributed by atoms with Crippen LogP contribution in [0.25, 0.3) is 16.6 Å². The van der Waals surface area contributed by atoms with E-state index in [0.29, 0.717) is 11.1 Å². The molecular weight excluding hydrogens is 366 g/mol. The fraction of sp³-hybridized carbons (Fsp3) is 0.0833. The third-order valence-corrected chi connectivity index (χ3v) is 5.61. The molecule has 0 atom stereocenters. The van der Waals surface area contributed by atoms with E-state index in [0.717, 1.165) is 33.5 Å². The summed E-state index contributed by atoms with van der Waals surface area (Å²) in [5, 5.41) is 0. The molecule has 0 saturated heterocycles. The first-order chi connectivity index (χ1) is 13.7. The maximum Gasteiger partial charge on any atom is 0.195 e. The molecule has 28 heavy (non-hydrogen) atoms. The van der Waals surface area contributed by atoms with Crippen LogP contribution in [0.3, 0.4) is 0 Å². The predicted octanol–water partition coefficient (Wildman–Crippen LogP) is 5.30. The monoisotopic (exact) mass is 385 g/mol. The summed E-state index contributed by atoms with van der Waals surface area (Å²) >= 11 is 1.64. The second-order valence-electron chi connectivity index (χ2n) is 6.45. The fourth-order valence-electron chi connectivity index (χ4n) is 3.59. The zero-order chi connectivity index (χ0) is 19.5. The number of aromatic nitrogens is 1. The smallest absolute Gasteiger partial charge is 0.195 e. The molecule has 0 aliphatic rings. The van der Waals surface area contributed by atoms with E-state index >= 15 is 0 Å². The molecule has 0 saturated carbocycles. The number of hydrogen-bond acceptors (Lipinski definition) is 3. The van der Waals surface area contributed by atoms with Crippen LogP contribution < -0.4 is 0 Å². The minimum absolute atomic E-state index is 0.0349. The fourth-order valence-corrected chi connectivity index (χ4v) is 3.99. The molecule has 4 rings (SSSR count). The van der Waals surface area contributed by atoms with Crippen LogP contribution in [0.2, 0.25) is 0 Å². The third-order valence-electron chi connectivity index (χ3n) is 4.86. The van der Waals surface area contributed by atoms with E-state index in [1.54, 1.807) is 11.8 Å². The lowest BCUT2D eigenvalue weighted by atomic mass is 9.94. The summed E-state index contributed by atoms with van der Waals surface area (Å²) in [5.41, 5.74) is 4.70. The normalized spacial score (nSPS) is 10.9. The number of benzene rings is 2. The Morgan fingerprint density at radius 3 is 2.36 bits per heavy atom. The third kappa shape index (κ3) is 3.16. The van der Waals surface area contributed by atoms with Crippen molar-refractivity contribution in [1.82, 2.24) is 4.40 Å². The molecule has 0 radical (unpaired) electrons. The number of pyridine rings is 1. The van der Waals surface area contributed by atoms with Crippen LogP contribution in [-0.2, 0) is 11.2 Å². The molecule has 2 heterocycles. The van der Waals surface area contributed by atoms with Crippen LogP contribution in [0.4, 0.5) is 0 Å². The number of ketones is 1. The molecule has 138 valence electrons. The van der Waals surface area contributed by atoms with Gasteiger partial charge in [-0.1, -0.05) is 36.4 Å². The van der Waals surface area contributed by atoms with Crippen molar-refractivity contribution in [1.29, 1.82) is 0 Å². The molecule has 0 aliphatic heterocycles. The number of carbonyl (C=O) groups is 2. The standard InChI is InChI=1S/C24H19NO2S/c1-28-19-12-10-18(11-13-19)24(27)23-20-9-5-6-15-25(20)21(14-16-26)22(23)17-7-3-2-4-8-17/h2-13,15-16H,14H2,1H3. The van der Waals surface area contributed by atoms with Crippen molar-refractivity contribution >= 4 is 29.3 Å². The van der Waals surface area contributed by atoms with Gasteiger partial charge in [-0.2, -0.15) is 0 Å². The van der Waals surface area contributed by atoms with Gasteiger partial charge in [-0.15, -0.1) is 11.8 Å². The molecule has 2 aromatic carbocycles. The van der Waals surface area contributed by atoms with Crippen LogP contribution in [-0.4, -0.2) is 22.7 Å². The molecule has 3 nitrogen and oxygen atoms in total. The molecule has 4 heteroatoms. The second kappa shape index (κ2) is 7.87. The first-order valence-electron chi connectivity index (χ1n) is 9.04. The van der Waals surface area contributed by atoms with E-state index in [1.807, 2.05) is 89.6 Å². The zero-order valence-corrected chi connectivity index (χ0v) is 16.3. The van der Waals surface area contributed by atoms with E-state index in [-0.39, 0.29) is 12.2 Å². The minimum atomic E-state index is -0.0349. The van der Waals surface area contributed by atoms with Crippen molar-refractivity contribution in [2.75, 3.05) is 6.26 Å². The van der Waals surface area contributed by atoms with Gasteiger partial charge >= 0.3 is 0 Å². The van der Waals surface area contributed by atoms with Gasteiger partial charge in [-0.3, -0.25) is 4.79 Å². The number of fused-ring (bicyclic) bond motifs is 1. The lowest BCUT2D eigenvalue weighted by molar-refractivity contribution is -0.107. The number of aldehydes is 1. The van der Waals surface area contributed by atoms with Gasteiger partial charge < -0.3 is 9.20 Å². The van der Waals surface area contributed by atoms with Gasteiger partial charge in [0.2, 0.25) is 0 Å². The number of hydrogen-bond donors (Lipinski definition) is 0. The molecule has 0 N–H and O–H groups in total. The number of rotatable bonds is 6. The first-order valence-corrected chi connectivity index (χ1v) is 10.3. The maximum absolute atomic E-state index is 13.6.